The van der Waals surface area contributed by atoms with Crippen molar-refractivity contribution in [2.24, 2.45) is 10.8 Å². The SMILES string of the molecule is CCN(CC(C)(C)C)C(=O)Cn1c2c(c3ccc(OC)cc31)CCCC2.COc1cccc2c1c1c(n2CC(=O)C(C)(C)C)CCCC1. The molecule has 0 N–H and O–H groups in total. The molecule has 0 bridgehead atoms. The molecular formula is C41H57N3O4. The number of carbonyl (C=O) groups is 2. The van der Waals surface area contributed by atoms with Gasteiger partial charge >= 0.3 is 0 Å². The van der Waals surface area contributed by atoms with Crippen LogP contribution in [0.1, 0.15) is 96.7 Å². The van der Waals surface area contributed by atoms with Crippen LogP contribution in [0.5, 0.6) is 11.5 Å². The molecule has 0 radical (unpaired) electrons. The number of carbonyl (C=O) groups excluding carboxylic acids is 2. The lowest BCUT2D eigenvalue weighted by atomic mass is 9.90. The Balaban J connectivity index is 0.000000190. The number of rotatable bonds is 8. The molecule has 0 unspecified atom stereocenters. The van der Waals surface area contributed by atoms with E-state index >= 15 is 0 Å². The van der Waals surface area contributed by atoms with Crippen LogP contribution in [0.2, 0.25) is 0 Å². The number of fused-ring (bicyclic) bond motifs is 6. The lowest BCUT2D eigenvalue weighted by molar-refractivity contribution is -0.133. The molecule has 0 spiro atoms. The summed E-state index contributed by atoms with van der Waals surface area (Å²) in [7, 11) is 3.42. The number of methoxy groups -OCH3 is 2. The highest BCUT2D eigenvalue weighted by Gasteiger charge is 2.28. The van der Waals surface area contributed by atoms with Gasteiger partial charge in [-0.2, -0.15) is 0 Å². The minimum atomic E-state index is -0.309. The maximum Gasteiger partial charge on any atom is 0.242 e. The monoisotopic (exact) mass is 655 g/mol. The largest absolute Gasteiger partial charge is 0.497 e. The van der Waals surface area contributed by atoms with Crippen LogP contribution in [-0.2, 0) is 48.4 Å². The van der Waals surface area contributed by atoms with E-state index < -0.39 is 0 Å². The molecule has 2 aliphatic carbocycles. The molecule has 0 saturated heterocycles. The van der Waals surface area contributed by atoms with E-state index in [9.17, 15) is 9.59 Å². The average Bonchev–Trinajstić information content (AvgIpc) is 3.55. The van der Waals surface area contributed by atoms with Crippen molar-refractivity contribution < 1.29 is 19.1 Å². The number of likely N-dealkylation sites (N-methyl/N-ethyl adjacent to an activating group) is 1. The maximum absolute atomic E-state index is 13.1. The van der Waals surface area contributed by atoms with Gasteiger partial charge in [-0.25, -0.2) is 0 Å². The summed E-state index contributed by atoms with van der Waals surface area (Å²) < 4.78 is 15.5. The van der Waals surface area contributed by atoms with Crippen LogP contribution in [-0.4, -0.2) is 53.0 Å². The number of hydrogen-bond acceptors (Lipinski definition) is 4. The molecule has 0 atom stereocenters. The normalized spacial score (nSPS) is 14.6. The third-order valence-electron chi connectivity index (χ3n) is 10.00. The number of aryl methyl sites for hydroxylation is 2. The first-order valence-corrected chi connectivity index (χ1v) is 17.9. The first-order valence-electron chi connectivity index (χ1n) is 17.9. The quantitative estimate of drug-likeness (QED) is 0.191. The smallest absolute Gasteiger partial charge is 0.242 e. The van der Waals surface area contributed by atoms with Gasteiger partial charge in [0.05, 0.1) is 31.8 Å². The molecular weight excluding hydrogens is 598 g/mol. The molecule has 6 rings (SSSR count). The molecule has 7 heteroatoms. The molecule has 4 aromatic rings. The van der Waals surface area contributed by atoms with E-state index in [1.165, 1.54) is 59.0 Å². The summed E-state index contributed by atoms with van der Waals surface area (Å²) in [5, 5.41) is 2.49. The number of amides is 1. The number of Topliss-reactive ketones (excluding diaryl/α,β-unsaturated/α-hetero) is 1. The second-order valence-corrected chi connectivity index (χ2v) is 15.8. The fraction of sp³-hybridized carbons (Fsp3) is 0.561. The zero-order valence-electron chi connectivity index (χ0n) is 30.9. The number of benzene rings is 2. The minimum absolute atomic E-state index is 0.104. The van der Waals surface area contributed by atoms with Crippen LogP contribution >= 0.6 is 0 Å². The molecule has 2 aliphatic rings. The number of ketones is 1. The Hall–Kier alpha value is -3.74. The molecule has 0 aliphatic heterocycles. The van der Waals surface area contributed by atoms with E-state index in [1.54, 1.807) is 14.2 Å². The van der Waals surface area contributed by atoms with Gasteiger partial charge in [0, 0.05) is 46.7 Å². The van der Waals surface area contributed by atoms with E-state index in [0.29, 0.717) is 13.1 Å². The van der Waals surface area contributed by atoms with Crippen molar-refractivity contribution in [2.75, 3.05) is 27.3 Å². The van der Waals surface area contributed by atoms with Crippen LogP contribution in [0, 0.1) is 10.8 Å². The third-order valence-corrected chi connectivity index (χ3v) is 10.00. The second-order valence-electron chi connectivity index (χ2n) is 15.8. The van der Waals surface area contributed by atoms with Crippen molar-refractivity contribution in [3.8, 4) is 11.5 Å². The minimum Gasteiger partial charge on any atom is -0.497 e. The summed E-state index contributed by atoms with van der Waals surface area (Å²) in [5.41, 5.74) is 7.58. The predicted molar refractivity (Wildman–Crippen MR) is 196 cm³/mol. The van der Waals surface area contributed by atoms with Gasteiger partial charge in [-0.05, 0) is 99.1 Å². The number of aromatic nitrogens is 2. The van der Waals surface area contributed by atoms with Crippen molar-refractivity contribution in [3.63, 3.8) is 0 Å². The predicted octanol–water partition coefficient (Wildman–Crippen LogP) is 8.57. The standard InChI is InChI=1S/C22H32N2O2.C19H25NO2/c1-6-23(15-22(2,3)4)21(25)14-24-19-10-8-7-9-17(19)18-12-11-16(26-5)13-20(18)24;1-19(2,3)17(21)12-20-14-9-6-5-8-13(14)18-15(20)10-7-11-16(18)22-4/h11-13H,6-10,14-15H2,1-5H3;7,10-11H,5-6,8-9,12H2,1-4H3. The molecule has 0 saturated carbocycles. The Bertz CT molecular complexity index is 1780. The molecule has 2 aromatic heterocycles. The van der Waals surface area contributed by atoms with E-state index in [1.807, 2.05) is 43.9 Å². The summed E-state index contributed by atoms with van der Waals surface area (Å²) >= 11 is 0. The number of ether oxygens (including phenoxy) is 2. The van der Waals surface area contributed by atoms with Gasteiger partial charge in [0.25, 0.3) is 0 Å². The van der Waals surface area contributed by atoms with Crippen LogP contribution in [0.4, 0.5) is 0 Å². The van der Waals surface area contributed by atoms with E-state index in [-0.39, 0.29) is 22.5 Å². The van der Waals surface area contributed by atoms with Gasteiger partial charge in [-0.3, -0.25) is 9.59 Å². The Labute approximate surface area is 287 Å². The lowest BCUT2D eigenvalue weighted by Crippen LogP contribution is -2.39. The van der Waals surface area contributed by atoms with Gasteiger partial charge in [-0.15, -0.1) is 0 Å². The first kappa shape index (κ1) is 35.6. The average molecular weight is 656 g/mol. The Morgan fingerprint density at radius 1 is 0.771 bits per heavy atom. The highest BCUT2D eigenvalue weighted by atomic mass is 16.5. The van der Waals surface area contributed by atoms with Crippen molar-refractivity contribution in [1.82, 2.24) is 14.0 Å². The van der Waals surface area contributed by atoms with Gasteiger partial charge in [0.1, 0.15) is 18.0 Å². The summed E-state index contributed by atoms with van der Waals surface area (Å²) in [5.74, 6) is 2.26. The van der Waals surface area contributed by atoms with Crippen molar-refractivity contribution >= 4 is 33.5 Å². The zero-order valence-corrected chi connectivity index (χ0v) is 30.9. The second kappa shape index (κ2) is 14.4. The first-order chi connectivity index (χ1) is 22.8. The van der Waals surface area contributed by atoms with E-state index in [2.05, 4.69) is 55.0 Å². The van der Waals surface area contributed by atoms with Crippen molar-refractivity contribution in [1.29, 1.82) is 0 Å². The number of hydrogen-bond donors (Lipinski definition) is 0. The maximum atomic E-state index is 13.1. The van der Waals surface area contributed by atoms with E-state index in [0.717, 1.165) is 61.3 Å². The van der Waals surface area contributed by atoms with Gasteiger partial charge in [-0.1, -0.05) is 47.6 Å². The van der Waals surface area contributed by atoms with Gasteiger partial charge in [0.2, 0.25) is 5.91 Å². The molecule has 1 amide bonds. The summed E-state index contributed by atoms with van der Waals surface area (Å²) in [6, 6.07) is 12.4. The molecule has 7 nitrogen and oxygen atoms in total. The van der Waals surface area contributed by atoms with Crippen LogP contribution in [0.3, 0.4) is 0 Å². The molecule has 2 heterocycles. The van der Waals surface area contributed by atoms with Crippen LogP contribution in [0.25, 0.3) is 21.8 Å². The Morgan fingerprint density at radius 3 is 2.00 bits per heavy atom. The number of nitrogens with zero attached hydrogens (tertiary/aromatic N) is 3. The molecule has 0 fully saturated rings. The zero-order chi connectivity index (χ0) is 34.8. The fourth-order valence-electron chi connectivity index (χ4n) is 7.49. The summed E-state index contributed by atoms with van der Waals surface area (Å²) in [4.78, 5) is 27.6. The third kappa shape index (κ3) is 7.45. The van der Waals surface area contributed by atoms with Crippen LogP contribution in [0.15, 0.2) is 36.4 Å². The van der Waals surface area contributed by atoms with Gasteiger partial charge < -0.3 is 23.5 Å². The highest BCUT2D eigenvalue weighted by Crippen LogP contribution is 2.38. The molecule has 48 heavy (non-hydrogen) atoms. The Morgan fingerprint density at radius 2 is 1.40 bits per heavy atom. The fourth-order valence-corrected chi connectivity index (χ4v) is 7.49. The Kier molecular flexibility index (Phi) is 10.7. The van der Waals surface area contributed by atoms with Crippen molar-refractivity contribution in [2.45, 2.75) is 113 Å². The van der Waals surface area contributed by atoms with E-state index in [4.69, 9.17) is 9.47 Å². The topological polar surface area (TPSA) is 65.7 Å². The van der Waals surface area contributed by atoms with Crippen LogP contribution < -0.4 is 9.47 Å². The molecule has 260 valence electrons. The van der Waals surface area contributed by atoms with Crippen molar-refractivity contribution in [3.05, 3.63) is 58.9 Å². The highest BCUT2D eigenvalue weighted by molar-refractivity contribution is 5.94. The molecule has 2 aromatic carbocycles. The lowest BCUT2D eigenvalue weighted by Gasteiger charge is -2.29. The summed E-state index contributed by atoms with van der Waals surface area (Å²) in [6.07, 6.45) is 9.18. The van der Waals surface area contributed by atoms with Gasteiger partial charge in [0.15, 0.2) is 5.78 Å². The summed E-state index contributed by atoms with van der Waals surface area (Å²) in [6.45, 7) is 17.0.